The first-order valence-electron chi connectivity index (χ1n) is 6.50. The van der Waals surface area contributed by atoms with Crippen LogP contribution in [0.1, 0.15) is 24.2 Å². The van der Waals surface area contributed by atoms with Gasteiger partial charge in [-0.25, -0.2) is 4.98 Å². The number of nitrogens with one attached hydrogen (secondary N) is 1. The number of anilines is 2. The van der Waals surface area contributed by atoms with E-state index in [1.165, 1.54) is 0 Å². The number of nitrogens with zero attached hydrogens (tertiary/aromatic N) is 1. The van der Waals surface area contributed by atoms with Crippen molar-refractivity contribution >= 4 is 29.0 Å². The highest BCUT2D eigenvalue weighted by Gasteiger charge is 2.14. The van der Waals surface area contributed by atoms with Gasteiger partial charge in [-0.2, -0.15) is 0 Å². The van der Waals surface area contributed by atoms with Crippen molar-refractivity contribution < 1.29 is 4.79 Å². The van der Waals surface area contributed by atoms with E-state index in [4.69, 9.17) is 23.1 Å². The molecular formula is C15H17ClN4O. The van der Waals surface area contributed by atoms with Crippen LogP contribution >= 0.6 is 11.6 Å². The van der Waals surface area contributed by atoms with E-state index in [1.807, 2.05) is 13.8 Å². The van der Waals surface area contributed by atoms with Crippen molar-refractivity contribution in [1.82, 2.24) is 10.3 Å². The fourth-order valence-electron chi connectivity index (χ4n) is 1.91. The van der Waals surface area contributed by atoms with E-state index in [1.54, 1.807) is 30.5 Å². The zero-order valence-corrected chi connectivity index (χ0v) is 12.6. The molecule has 2 rings (SSSR count). The lowest BCUT2D eigenvalue weighted by Gasteiger charge is -2.12. The molecule has 1 aromatic heterocycles. The minimum absolute atomic E-state index is 0.0145. The third kappa shape index (κ3) is 3.44. The van der Waals surface area contributed by atoms with Gasteiger partial charge in [0.25, 0.3) is 5.91 Å². The minimum Gasteiger partial charge on any atom is -0.399 e. The summed E-state index contributed by atoms with van der Waals surface area (Å²) >= 11 is 6.18. The number of carbonyl (C=O) groups is 1. The molecule has 0 aliphatic carbocycles. The maximum atomic E-state index is 12.1. The molecule has 110 valence electrons. The Labute approximate surface area is 128 Å². The topological polar surface area (TPSA) is 94.0 Å². The highest BCUT2D eigenvalue weighted by molar-refractivity contribution is 6.33. The van der Waals surface area contributed by atoms with Gasteiger partial charge in [-0.05, 0) is 32.0 Å². The van der Waals surface area contributed by atoms with Crippen LogP contribution < -0.4 is 16.8 Å². The highest BCUT2D eigenvalue weighted by atomic mass is 35.5. The summed E-state index contributed by atoms with van der Waals surface area (Å²) in [7, 11) is 0. The molecule has 0 spiro atoms. The van der Waals surface area contributed by atoms with Crippen LogP contribution in [0.2, 0.25) is 5.02 Å². The molecule has 0 bridgehead atoms. The van der Waals surface area contributed by atoms with Crippen molar-refractivity contribution in [2.24, 2.45) is 0 Å². The molecule has 1 heterocycles. The number of nitrogens with two attached hydrogens (primary N) is 2. The molecule has 0 aliphatic rings. The normalized spacial score (nSPS) is 10.7. The Morgan fingerprint density at radius 3 is 2.62 bits per heavy atom. The number of amides is 1. The van der Waals surface area contributed by atoms with Crippen molar-refractivity contribution in [2.75, 3.05) is 11.5 Å². The Kier molecular flexibility index (Phi) is 4.33. The summed E-state index contributed by atoms with van der Waals surface area (Å²) in [5.74, 6) is -0.0770. The molecule has 0 radical (unpaired) electrons. The molecule has 5 nitrogen and oxygen atoms in total. The fraction of sp³-hybridized carbons (Fsp3) is 0.200. The summed E-state index contributed by atoms with van der Waals surface area (Å²) in [6.45, 7) is 3.75. The second-order valence-corrected chi connectivity index (χ2v) is 5.43. The van der Waals surface area contributed by atoms with Crippen molar-refractivity contribution in [1.29, 1.82) is 0 Å². The number of nitrogen functional groups attached to an aromatic ring is 2. The highest BCUT2D eigenvalue weighted by Crippen LogP contribution is 2.30. The Bertz CT molecular complexity index is 685. The molecule has 1 amide bonds. The van der Waals surface area contributed by atoms with Gasteiger partial charge in [-0.15, -0.1) is 0 Å². The van der Waals surface area contributed by atoms with Gasteiger partial charge in [0.15, 0.2) is 0 Å². The number of benzene rings is 1. The smallest absolute Gasteiger partial charge is 0.255 e. The van der Waals surface area contributed by atoms with E-state index in [2.05, 4.69) is 10.3 Å². The Morgan fingerprint density at radius 1 is 1.29 bits per heavy atom. The number of hydrogen-bond acceptors (Lipinski definition) is 4. The molecule has 0 saturated carbocycles. The van der Waals surface area contributed by atoms with Crippen LogP contribution in [0, 0.1) is 0 Å². The first-order chi connectivity index (χ1) is 9.88. The Balaban J connectivity index is 2.45. The van der Waals surface area contributed by atoms with E-state index >= 15 is 0 Å². The largest absolute Gasteiger partial charge is 0.399 e. The van der Waals surface area contributed by atoms with E-state index < -0.39 is 0 Å². The number of halogens is 1. The number of carbonyl (C=O) groups excluding carboxylic acids is 1. The van der Waals surface area contributed by atoms with Crippen LogP contribution in [0.3, 0.4) is 0 Å². The fourth-order valence-corrected chi connectivity index (χ4v) is 2.21. The predicted molar refractivity (Wildman–Crippen MR) is 86.1 cm³/mol. The molecule has 5 N–H and O–H groups in total. The molecule has 6 heteroatoms. The van der Waals surface area contributed by atoms with Gasteiger partial charge in [-0.1, -0.05) is 17.7 Å². The SMILES string of the molecule is CC(C)NC(=O)c1cc(-c2ccc(N)cc2Cl)cnc1N. The van der Waals surface area contributed by atoms with Gasteiger partial charge in [-0.3, -0.25) is 4.79 Å². The van der Waals surface area contributed by atoms with Crippen LogP contribution in [-0.2, 0) is 0 Å². The summed E-state index contributed by atoms with van der Waals surface area (Å²) in [6.07, 6.45) is 1.58. The number of hydrogen-bond donors (Lipinski definition) is 3. The van der Waals surface area contributed by atoms with Gasteiger partial charge < -0.3 is 16.8 Å². The van der Waals surface area contributed by atoms with Crippen molar-refractivity contribution in [2.45, 2.75) is 19.9 Å². The van der Waals surface area contributed by atoms with E-state index in [9.17, 15) is 4.79 Å². The molecule has 0 aliphatic heterocycles. The van der Waals surface area contributed by atoms with E-state index in [0.717, 1.165) is 5.56 Å². The van der Waals surface area contributed by atoms with Crippen LogP contribution in [0.15, 0.2) is 30.5 Å². The maximum Gasteiger partial charge on any atom is 0.255 e. The molecule has 2 aromatic rings. The third-order valence-corrected chi connectivity index (χ3v) is 3.20. The zero-order chi connectivity index (χ0) is 15.6. The van der Waals surface area contributed by atoms with Gasteiger partial charge >= 0.3 is 0 Å². The second kappa shape index (κ2) is 6.01. The van der Waals surface area contributed by atoms with Gasteiger partial charge in [0, 0.05) is 29.1 Å². The van der Waals surface area contributed by atoms with Crippen molar-refractivity contribution in [3.63, 3.8) is 0 Å². The lowest BCUT2D eigenvalue weighted by atomic mass is 10.0. The summed E-state index contributed by atoms with van der Waals surface area (Å²) < 4.78 is 0. The monoisotopic (exact) mass is 304 g/mol. The lowest BCUT2D eigenvalue weighted by molar-refractivity contribution is 0.0944. The summed E-state index contributed by atoms with van der Waals surface area (Å²) in [5, 5.41) is 3.29. The van der Waals surface area contributed by atoms with E-state index in [-0.39, 0.29) is 17.8 Å². The summed E-state index contributed by atoms with van der Waals surface area (Å²) in [6, 6.07) is 6.87. The summed E-state index contributed by atoms with van der Waals surface area (Å²) in [5.41, 5.74) is 13.8. The summed E-state index contributed by atoms with van der Waals surface area (Å²) in [4.78, 5) is 16.2. The lowest BCUT2D eigenvalue weighted by Crippen LogP contribution is -2.30. The molecule has 0 atom stereocenters. The van der Waals surface area contributed by atoms with Crippen LogP contribution in [0.5, 0.6) is 0 Å². The van der Waals surface area contributed by atoms with E-state index in [0.29, 0.717) is 21.8 Å². The first kappa shape index (κ1) is 15.1. The average molecular weight is 305 g/mol. The quantitative estimate of drug-likeness (QED) is 0.760. The van der Waals surface area contributed by atoms with Crippen LogP contribution in [0.4, 0.5) is 11.5 Å². The molecule has 0 saturated heterocycles. The molecular weight excluding hydrogens is 288 g/mol. The van der Waals surface area contributed by atoms with Gasteiger partial charge in [0.05, 0.1) is 10.6 Å². The molecule has 0 unspecified atom stereocenters. The maximum absolute atomic E-state index is 12.1. The number of aromatic nitrogens is 1. The molecule has 1 aromatic carbocycles. The zero-order valence-electron chi connectivity index (χ0n) is 11.9. The van der Waals surface area contributed by atoms with Crippen LogP contribution in [0.25, 0.3) is 11.1 Å². The predicted octanol–water partition coefficient (Wildman–Crippen LogP) is 2.70. The van der Waals surface area contributed by atoms with Gasteiger partial charge in [0.1, 0.15) is 5.82 Å². The van der Waals surface area contributed by atoms with Crippen molar-refractivity contribution in [3.05, 3.63) is 41.0 Å². The van der Waals surface area contributed by atoms with Crippen LogP contribution in [-0.4, -0.2) is 16.9 Å². The number of pyridine rings is 1. The third-order valence-electron chi connectivity index (χ3n) is 2.89. The van der Waals surface area contributed by atoms with Crippen molar-refractivity contribution in [3.8, 4) is 11.1 Å². The molecule has 0 fully saturated rings. The minimum atomic E-state index is -0.261. The Hall–Kier alpha value is -2.27. The molecule has 21 heavy (non-hydrogen) atoms. The first-order valence-corrected chi connectivity index (χ1v) is 6.88. The van der Waals surface area contributed by atoms with Gasteiger partial charge in [0.2, 0.25) is 0 Å². The Morgan fingerprint density at radius 2 is 2.00 bits per heavy atom. The average Bonchev–Trinajstić information content (AvgIpc) is 2.39. The second-order valence-electron chi connectivity index (χ2n) is 5.02. The number of rotatable bonds is 3. The standard InChI is InChI=1S/C15H17ClN4O/c1-8(2)20-15(21)12-5-9(7-19-14(12)18)11-4-3-10(17)6-13(11)16/h3-8H,17H2,1-2H3,(H2,18,19)(H,20,21).